The van der Waals surface area contributed by atoms with Crippen molar-refractivity contribution in [1.29, 1.82) is 0 Å². The van der Waals surface area contributed by atoms with Gasteiger partial charge in [0.05, 0.1) is 24.2 Å². The first-order chi connectivity index (χ1) is 22.9. The highest BCUT2D eigenvalue weighted by molar-refractivity contribution is 7.88. The molecular formula is C27H51B3N6O9S3Si3. The Labute approximate surface area is 308 Å². The Kier molecular flexibility index (Phi) is 11.4. The summed E-state index contributed by atoms with van der Waals surface area (Å²) < 4.78 is 107. The first-order valence-corrected chi connectivity index (χ1v) is 31.0. The number of hydrogen-bond acceptors (Lipinski definition) is 9. The zero-order valence-corrected chi connectivity index (χ0v) is 37.7. The molecule has 0 saturated carbocycles. The van der Waals surface area contributed by atoms with Gasteiger partial charge in [0.1, 0.15) is 0 Å². The van der Waals surface area contributed by atoms with Crippen molar-refractivity contribution in [3.05, 3.63) is 37.2 Å². The molecule has 51 heavy (non-hydrogen) atoms. The molecule has 0 N–H and O–H groups in total. The van der Waals surface area contributed by atoms with E-state index in [1.54, 1.807) is 18.6 Å². The number of aromatic nitrogens is 3. The summed E-state index contributed by atoms with van der Waals surface area (Å²) in [7, 11) is -13.4. The molecule has 15 nitrogen and oxygen atoms in total. The lowest BCUT2D eigenvalue weighted by Gasteiger charge is -2.34. The van der Waals surface area contributed by atoms with Gasteiger partial charge < -0.3 is 13.7 Å². The molecule has 282 valence electrons. The van der Waals surface area contributed by atoms with Crippen LogP contribution < -0.4 is 31.9 Å². The Morgan fingerprint density at radius 2 is 0.627 bits per heavy atom. The fourth-order valence-corrected chi connectivity index (χ4v) is 13.2. The van der Waals surface area contributed by atoms with Gasteiger partial charge in [0.2, 0.25) is 0 Å². The summed E-state index contributed by atoms with van der Waals surface area (Å²) in [5, 5.41) is 2.32. The molecule has 0 bridgehead atoms. The summed E-state index contributed by atoms with van der Waals surface area (Å²) in [6.07, 6.45) is 9.29. The first-order valence-electron chi connectivity index (χ1n) is 16.3. The molecule has 1 fully saturated rings. The molecule has 0 spiro atoms. The quantitative estimate of drug-likeness (QED) is 0.194. The summed E-state index contributed by atoms with van der Waals surface area (Å²) >= 11 is 0. The maximum absolute atomic E-state index is 13.4. The average molecular weight is 817 g/mol. The molecule has 0 radical (unpaired) electrons. The van der Waals surface area contributed by atoms with Gasteiger partial charge in [0.15, 0.2) is 0 Å². The predicted molar refractivity (Wildman–Crippen MR) is 216 cm³/mol. The van der Waals surface area contributed by atoms with Crippen LogP contribution in [0.1, 0.15) is 0 Å². The second kappa shape index (κ2) is 13.9. The van der Waals surface area contributed by atoms with Crippen LogP contribution in [0.15, 0.2) is 37.2 Å². The van der Waals surface area contributed by atoms with Gasteiger partial charge in [-0.25, -0.2) is 11.9 Å². The molecule has 0 atom stereocenters. The topological polar surface area (TPSA) is 155 Å². The average Bonchev–Trinajstić information content (AvgIpc) is 3.73. The van der Waals surface area contributed by atoms with Crippen LogP contribution >= 0.6 is 0 Å². The van der Waals surface area contributed by atoms with E-state index in [1.807, 2.05) is 0 Å². The van der Waals surface area contributed by atoms with Gasteiger partial charge in [-0.2, -0.15) is 38.2 Å². The van der Waals surface area contributed by atoms with Gasteiger partial charge in [-0.1, -0.05) is 58.9 Å². The van der Waals surface area contributed by atoms with Crippen molar-refractivity contribution >= 4 is 108 Å². The third kappa shape index (κ3) is 8.21. The lowest BCUT2D eigenvalue weighted by atomic mass is 9.62. The van der Waals surface area contributed by atoms with Crippen LogP contribution in [-0.2, 0) is 44.3 Å². The van der Waals surface area contributed by atoms with Crippen molar-refractivity contribution < 1.29 is 39.0 Å². The van der Waals surface area contributed by atoms with Crippen molar-refractivity contribution in [2.75, 3.05) is 42.3 Å². The monoisotopic (exact) mass is 816 g/mol. The van der Waals surface area contributed by atoms with Crippen molar-refractivity contribution in [2.45, 2.75) is 58.9 Å². The van der Waals surface area contributed by atoms with Crippen LogP contribution in [-0.4, -0.2) is 138 Å². The van der Waals surface area contributed by atoms with Crippen LogP contribution in [0.4, 0.5) is 0 Å². The van der Waals surface area contributed by atoms with Gasteiger partial charge >= 0.3 is 52.0 Å². The molecule has 3 aromatic heterocycles. The fourth-order valence-electron chi connectivity index (χ4n) is 5.62. The molecule has 0 aromatic carbocycles. The van der Waals surface area contributed by atoms with Crippen LogP contribution in [0.3, 0.4) is 0 Å². The van der Waals surface area contributed by atoms with Crippen LogP contribution in [0.25, 0.3) is 0 Å². The van der Waals surface area contributed by atoms with E-state index in [9.17, 15) is 25.3 Å². The molecule has 0 aliphatic carbocycles. The van der Waals surface area contributed by atoms with E-state index in [2.05, 4.69) is 58.9 Å². The van der Waals surface area contributed by atoms with Gasteiger partial charge in [-0.15, -0.1) is 0 Å². The Hall–Kier alpha value is -1.70. The highest BCUT2D eigenvalue weighted by atomic mass is 32.2. The Morgan fingerprint density at radius 3 is 0.784 bits per heavy atom. The van der Waals surface area contributed by atoms with E-state index < -0.39 is 76.2 Å². The zero-order chi connectivity index (χ0) is 39.0. The maximum Gasteiger partial charge on any atom is 0.468 e. The predicted octanol–water partition coefficient (Wildman–Crippen LogP) is -1.76. The second-order valence-electron chi connectivity index (χ2n) is 16.4. The number of nitrogens with zero attached hydrogens (tertiary/aromatic N) is 6. The van der Waals surface area contributed by atoms with E-state index >= 15 is 0 Å². The highest BCUT2D eigenvalue weighted by Gasteiger charge is 2.49. The number of hydrogen-bond donors (Lipinski definition) is 0. The lowest BCUT2D eigenvalue weighted by Crippen LogP contribution is -2.68. The minimum atomic E-state index is -3.91. The smallest absolute Gasteiger partial charge is 0.445 e. The van der Waals surface area contributed by atoms with Crippen molar-refractivity contribution in [2.24, 2.45) is 0 Å². The molecule has 0 amide bonds. The maximum atomic E-state index is 13.4. The number of rotatable bonds is 12. The standard InChI is InChI=1S/C27H51B3N6O9S3Si3/c1-31(2)46(37,38)34-16-22(25(19-34)49(7,8)9)28-43-29(23-17-35(47(39,40)32(3)4)20-26(23)50(10,11)12)45-30(44-28)24-18-36(48(41,42)33(5)6)21-27(24)51(13,14)15/h16-21H,1-15H3. The van der Waals surface area contributed by atoms with Crippen LogP contribution in [0.5, 0.6) is 0 Å². The summed E-state index contributed by atoms with van der Waals surface area (Å²) in [5.41, 5.74) is 1.47. The summed E-state index contributed by atoms with van der Waals surface area (Å²) in [6.45, 7) is 18.7. The van der Waals surface area contributed by atoms with E-state index in [0.29, 0.717) is 16.4 Å². The van der Waals surface area contributed by atoms with Crippen molar-refractivity contribution in [1.82, 2.24) is 24.8 Å². The summed E-state index contributed by atoms with van der Waals surface area (Å²) in [4.78, 5) is 0. The Bertz CT molecular complexity index is 1870. The Balaban J connectivity index is 2.04. The van der Waals surface area contributed by atoms with E-state index in [-0.39, 0.29) is 0 Å². The minimum absolute atomic E-state index is 0.489. The fraction of sp³-hybridized carbons (Fsp3) is 0.556. The molecule has 4 heterocycles. The SMILES string of the molecule is CN(C)S(=O)(=O)n1cc(B2OB(c3cn(S(=O)(=O)N(C)C)cc3[Si](C)(C)C)OB(c3cn(S(=O)(=O)N(C)C)cc3[Si](C)(C)C)O2)c([Si](C)(C)C)c1. The third-order valence-electron chi connectivity index (χ3n) is 8.61. The Morgan fingerprint density at radius 1 is 0.431 bits per heavy atom. The molecule has 3 aromatic rings. The lowest BCUT2D eigenvalue weighted by molar-refractivity contribution is 0.309. The largest absolute Gasteiger partial charge is 0.468 e. The molecule has 4 rings (SSSR count). The molecule has 1 aliphatic rings. The van der Waals surface area contributed by atoms with E-state index in [1.165, 1.54) is 60.9 Å². The molecular weight excluding hydrogens is 765 g/mol. The van der Waals surface area contributed by atoms with Crippen LogP contribution in [0.2, 0.25) is 58.9 Å². The molecule has 0 unspecified atom stereocenters. The summed E-state index contributed by atoms with van der Waals surface area (Å²) in [5.74, 6) is 0. The molecule has 1 aliphatic heterocycles. The first kappa shape index (κ1) is 42.0. The van der Waals surface area contributed by atoms with Gasteiger partial charge in [0, 0.05) is 79.5 Å². The van der Waals surface area contributed by atoms with Gasteiger partial charge in [-0.3, -0.25) is 0 Å². The van der Waals surface area contributed by atoms with Gasteiger partial charge in [-0.05, 0) is 31.9 Å². The molecule has 1 saturated heterocycles. The third-order valence-corrected chi connectivity index (χ3v) is 19.7. The van der Waals surface area contributed by atoms with E-state index in [4.69, 9.17) is 13.7 Å². The minimum Gasteiger partial charge on any atom is -0.445 e. The highest BCUT2D eigenvalue weighted by Crippen LogP contribution is 2.17. The van der Waals surface area contributed by atoms with Crippen molar-refractivity contribution in [3.8, 4) is 0 Å². The zero-order valence-electron chi connectivity index (χ0n) is 32.3. The molecule has 24 heteroatoms. The van der Waals surface area contributed by atoms with E-state index in [0.717, 1.165) is 40.4 Å². The van der Waals surface area contributed by atoms with Gasteiger partial charge in [0.25, 0.3) is 0 Å². The van der Waals surface area contributed by atoms with Crippen molar-refractivity contribution in [3.63, 3.8) is 0 Å². The summed E-state index contributed by atoms with van der Waals surface area (Å²) in [6, 6.07) is 0. The second-order valence-corrected chi connectivity index (χ2v) is 37.7. The normalized spacial score (nSPS) is 16.0. The van der Waals surface area contributed by atoms with Crippen LogP contribution in [0, 0.1) is 0 Å².